The average molecular weight is 254 g/mol. The first kappa shape index (κ1) is 14.4. The van der Waals surface area contributed by atoms with Crippen LogP contribution in [0.4, 0.5) is 0 Å². The topological polar surface area (TPSA) is 91.4 Å². The minimum atomic E-state index is -0.619. The Balaban J connectivity index is 2.48. The van der Waals surface area contributed by atoms with Crippen molar-refractivity contribution < 1.29 is 14.6 Å². The first-order valence-electron chi connectivity index (χ1n) is 5.69. The van der Waals surface area contributed by atoms with Crippen LogP contribution in [0.5, 0.6) is 0 Å². The van der Waals surface area contributed by atoms with Gasteiger partial charge in [-0.25, -0.2) is 0 Å². The van der Waals surface area contributed by atoms with Gasteiger partial charge in [-0.15, -0.1) is 0 Å². The molecule has 3 N–H and O–H groups in total. The summed E-state index contributed by atoms with van der Waals surface area (Å²) < 4.78 is 4.76. The van der Waals surface area contributed by atoms with E-state index in [9.17, 15) is 14.7 Å². The zero-order valence-corrected chi connectivity index (χ0v) is 10.5. The molecule has 0 saturated heterocycles. The van der Waals surface area contributed by atoms with Crippen molar-refractivity contribution in [1.82, 2.24) is 10.3 Å². The molecule has 0 aliphatic carbocycles. The predicted molar refractivity (Wildman–Crippen MR) is 66.6 cm³/mol. The van der Waals surface area contributed by atoms with Gasteiger partial charge in [-0.1, -0.05) is 0 Å². The summed E-state index contributed by atoms with van der Waals surface area (Å²) in [7, 11) is 1.49. The van der Waals surface area contributed by atoms with Crippen LogP contribution >= 0.6 is 0 Å². The van der Waals surface area contributed by atoms with Crippen molar-refractivity contribution in [2.45, 2.75) is 19.4 Å². The number of aliphatic hydroxyl groups excluding tert-OH is 1. The minimum Gasteiger partial charge on any atom is -0.391 e. The van der Waals surface area contributed by atoms with E-state index in [0.717, 1.165) is 0 Å². The number of rotatable bonds is 6. The molecule has 0 aliphatic heterocycles. The molecule has 18 heavy (non-hydrogen) atoms. The number of pyridine rings is 1. The largest absolute Gasteiger partial charge is 0.391 e. The van der Waals surface area contributed by atoms with Crippen LogP contribution in [-0.2, 0) is 4.74 Å². The maximum Gasteiger partial charge on any atom is 0.256 e. The van der Waals surface area contributed by atoms with Crippen LogP contribution in [0, 0.1) is 6.92 Å². The Bertz CT molecular complexity index is 456. The van der Waals surface area contributed by atoms with E-state index in [1.165, 1.54) is 19.4 Å². The van der Waals surface area contributed by atoms with E-state index in [1.54, 1.807) is 6.92 Å². The van der Waals surface area contributed by atoms with Gasteiger partial charge >= 0.3 is 0 Å². The standard InChI is InChI=1S/C12H18N2O4/c1-8-5-11(16)10(6-14-8)12(17)13-4-3-9(15)7-18-2/h5-6,9,15H,3-4,7H2,1-2H3,(H,13,17)(H,14,16). The highest BCUT2D eigenvalue weighted by molar-refractivity contribution is 5.93. The number of amides is 1. The van der Waals surface area contributed by atoms with E-state index in [2.05, 4.69) is 10.3 Å². The summed E-state index contributed by atoms with van der Waals surface area (Å²) in [6.45, 7) is 2.25. The van der Waals surface area contributed by atoms with Gasteiger partial charge in [-0.2, -0.15) is 0 Å². The van der Waals surface area contributed by atoms with Gasteiger partial charge in [0.1, 0.15) is 5.56 Å². The third kappa shape index (κ3) is 4.31. The van der Waals surface area contributed by atoms with Crippen molar-refractivity contribution in [3.63, 3.8) is 0 Å². The van der Waals surface area contributed by atoms with Crippen LogP contribution < -0.4 is 10.7 Å². The Kier molecular flexibility index (Phi) is 5.54. The average Bonchev–Trinajstić information content (AvgIpc) is 2.29. The Labute approximate surface area is 105 Å². The molecular formula is C12H18N2O4. The second-order valence-corrected chi connectivity index (χ2v) is 4.05. The normalized spacial score (nSPS) is 12.2. The Hall–Kier alpha value is -1.66. The number of nitrogens with one attached hydrogen (secondary N) is 2. The molecule has 6 nitrogen and oxygen atoms in total. The van der Waals surface area contributed by atoms with Crippen LogP contribution in [0.1, 0.15) is 22.5 Å². The van der Waals surface area contributed by atoms with E-state index in [0.29, 0.717) is 12.1 Å². The molecule has 1 aromatic rings. The smallest absolute Gasteiger partial charge is 0.256 e. The van der Waals surface area contributed by atoms with Gasteiger partial charge < -0.3 is 20.1 Å². The SMILES string of the molecule is COCC(O)CCNC(=O)c1c[nH]c(C)cc1=O. The lowest BCUT2D eigenvalue weighted by Gasteiger charge is -2.09. The summed E-state index contributed by atoms with van der Waals surface area (Å²) in [4.78, 5) is 26.0. The van der Waals surface area contributed by atoms with Gasteiger partial charge in [0.2, 0.25) is 0 Å². The molecule has 100 valence electrons. The fraction of sp³-hybridized carbons (Fsp3) is 0.500. The van der Waals surface area contributed by atoms with Crippen LogP contribution in [0.25, 0.3) is 0 Å². The second-order valence-electron chi connectivity index (χ2n) is 4.05. The molecule has 1 rings (SSSR count). The monoisotopic (exact) mass is 254 g/mol. The highest BCUT2D eigenvalue weighted by Crippen LogP contribution is 1.94. The van der Waals surface area contributed by atoms with Gasteiger partial charge in [0.25, 0.3) is 5.91 Å². The molecule has 0 bridgehead atoms. The lowest BCUT2D eigenvalue weighted by molar-refractivity contribution is 0.0587. The van der Waals surface area contributed by atoms with Crippen LogP contribution in [0.15, 0.2) is 17.1 Å². The van der Waals surface area contributed by atoms with Crippen LogP contribution in [0.2, 0.25) is 0 Å². The summed E-state index contributed by atoms with van der Waals surface area (Å²) in [6.07, 6.45) is 1.15. The van der Waals surface area contributed by atoms with Crippen molar-refractivity contribution in [2.75, 3.05) is 20.3 Å². The number of aliphatic hydroxyl groups is 1. The van der Waals surface area contributed by atoms with Gasteiger partial charge in [-0.05, 0) is 13.3 Å². The van der Waals surface area contributed by atoms with Crippen molar-refractivity contribution in [1.29, 1.82) is 0 Å². The van der Waals surface area contributed by atoms with E-state index in [1.807, 2.05) is 0 Å². The van der Waals surface area contributed by atoms with Gasteiger partial charge in [0, 0.05) is 31.6 Å². The molecule has 0 aromatic carbocycles. The van der Waals surface area contributed by atoms with Gasteiger partial charge in [-0.3, -0.25) is 9.59 Å². The summed E-state index contributed by atoms with van der Waals surface area (Å²) in [5.74, 6) is -0.444. The molecule has 6 heteroatoms. The molecule has 0 spiro atoms. The number of carbonyl (C=O) groups excluding carboxylic acids is 1. The number of ether oxygens (including phenoxy) is 1. The fourth-order valence-corrected chi connectivity index (χ4v) is 1.47. The summed E-state index contributed by atoms with van der Waals surface area (Å²) >= 11 is 0. The minimum absolute atomic E-state index is 0.0711. The maximum atomic E-state index is 11.7. The Morgan fingerprint density at radius 2 is 2.33 bits per heavy atom. The lowest BCUT2D eigenvalue weighted by Crippen LogP contribution is -2.31. The number of aromatic amines is 1. The highest BCUT2D eigenvalue weighted by atomic mass is 16.5. The number of aryl methyl sites for hydroxylation is 1. The maximum absolute atomic E-state index is 11.7. The first-order chi connectivity index (χ1) is 8.54. The molecule has 1 unspecified atom stereocenters. The van der Waals surface area contributed by atoms with Gasteiger partial charge in [0.15, 0.2) is 5.43 Å². The van der Waals surface area contributed by atoms with Crippen LogP contribution in [-0.4, -0.2) is 42.4 Å². The number of H-pyrrole nitrogens is 1. The quantitative estimate of drug-likeness (QED) is 0.656. The fourth-order valence-electron chi connectivity index (χ4n) is 1.47. The molecule has 1 amide bonds. The molecule has 1 atom stereocenters. The van der Waals surface area contributed by atoms with E-state index in [-0.39, 0.29) is 24.1 Å². The van der Waals surface area contributed by atoms with Gasteiger partial charge in [0.05, 0.1) is 12.7 Å². The number of methoxy groups -OCH3 is 1. The summed E-state index contributed by atoms with van der Waals surface area (Å²) in [5.41, 5.74) is 0.454. The first-order valence-corrected chi connectivity index (χ1v) is 5.69. The number of hydrogen-bond acceptors (Lipinski definition) is 4. The molecule has 0 radical (unpaired) electrons. The molecule has 1 heterocycles. The Morgan fingerprint density at radius 1 is 1.61 bits per heavy atom. The third-order valence-corrected chi connectivity index (χ3v) is 2.42. The number of carbonyl (C=O) groups is 1. The predicted octanol–water partition coefficient (Wildman–Crippen LogP) is -0.189. The highest BCUT2D eigenvalue weighted by Gasteiger charge is 2.10. The zero-order valence-electron chi connectivity index (χ0n) is 10.5. The molecule has 0 aliphatic rings. The summed E-state index contributed by atoms with van der Waals surface area (Å²) in [5, 5.41) is 12.0. The molecule has 1 aromatic heterocycles. The molecular weight excluding hydrogens is 236 g/mol. The van der Waals surface area contributed by atoms with Crippen LogP contribution in [0.3, 0.4) is 0 Å². The second kappa shape index (κ2) is 6.93. The zero-order chi connectivity index (χ0) is 13.5. The number of hydrogen-bond donors (Lipinski definition) is 3. The molecule has 0 saturated carbocycles. The van der Waals surface area contributed by atoms with E-state index >= 15 is 0 Å². The van der Waals surface area contributed by atoms with E-state index in [4.69, 9.17) is 4.74 Å². The number of aromatic nitrogens is 1. The summed E-state index contributed by atoms with van der Waals surface area (Å²) in [6, 6.07) is 1.37. The van der Waals surface area contributed by atoms with Crippen molar-refractivity contribution in [3.05, 3.63) is 33.7 Å². The van der Waals surface area contributed by atoms with Crippen molar-refractivity contribution in [2.24, 2.45) is 0 Å². The van der Waals surface area contributed by atoms with Crippen molar-refractivity contribution in [3.8, 4) is 0 Å². The third-order valence-electron chi connectivity index (χ3n) is 2.42. The Morgan fingerprint density at radius 3 is 2.94 bits per heavy atom. The van der Waals surface area contributed by atoms with Crippen molar-refractivity contribution >= 4 is 5.91 Å². The van der Waals surface area contributed by atoms with E-state index < -0.39 is 12.0 Å². The lowest BCUT2D eigenvalue weighted by atomic mass is 10.2. The molecule has 0 fully saturated rings.